The molecule has 0 atom stereocenters. The smallest absolute Gasteiger partial charge is 0.422 e. The molecule has 2 rings (SSSR count). The summed E-state index contributed by atoms with van der Waals surface area (Å²) in [7, 11) is 0.939. The number of benzene rings is 1. The minimum atomic E-state index is -4.13. The second-order valence-corrected chi connectivity index (χ2v) is 10.1. The molecule has 2 aromatic rings. The van der Waals surface area contributed by atoms with E-state index >= 15 is 0 Å². The fourth-order valence-corrected chi connectivity index (χ4v) is 4.90. The maximum absolute atomic E-state index is 12.4. The van der Waals surface area contributed by atoms with Gasteiger partial charge >= 0.3 is 16.3 Å². The van der Waals surface area contributed by atoms with Crippen LogP contribution in [-0.2, 0) is 10.2 Å². The number of anilines is 1. The van der Waals surface area contributed by atoms with Crippen LogP contribution in [0.5, 0.6) is 11.5 Å². The van der Waals surface area contributed by atoms with Gasteiger partial charge < -0.3 is 19.5 Å². The van der Waals surface area contributed by atoms with E-state index in [0.717, 1.165) is 29.6 Å². The van der Waals surface area contributed by atoms with E-state index in [1.54, 1.807) is 20.3 Å². The zero-order valence-electron chi connectivity index (χ0n) is 20.0. The molecule has 0 fully saturated rings. The number of methoxy groups -OCH3 is 2. The minimum absolute atomic E-state index is 0.152. The Morgan fingerprint density at radius 1 is 1.09 bits per heavy atom. The van der Waals surface area contributed by atoms with Crippen LogP contribution in [0, 0.1) is 0 Å². The standard InChI is InChI=1S/C21H33N5O6S/c1-21(2,3)26(20(27)28)33(29,30)24-10-8-7-9-11-25(4)19-15-12-17(31-5)18(32-6)13-16(15)22-14-23-19/h12-14,24H,7-11H2,1-6H3,(H,27,28). The fourth-order valence-electron chi connectivity index (χ4n) is 3.45. The molecule has 33 heavy (non-hydrogen) atoms. The van der Waals surface area contributed by atoms with Crippen molar-refractivity contribution in [1.29, 1.82) is 0 Å². The van der Waals surface area contributed by atoms with E-state index in [4.69, 9.17) is 9.47 Å². The molecule has 1 amide bonds. The van der Waals surface area contributed by atoms with Gasteiger partial charge in [0.2, 0.25) is 0 Å². The molecule has 0 saturated heterocycles. The van der Waals surface area contributed by atoms with Gasteiger partial charge in [-0.15, -0.1) is 0 Å². The molecule has 0 radical (unpaired) electrons. The van der Waals surface area contributed by atoms with Gasteiger partial charge in [-0.05, 0) is 39.7 Å². The van der Waals surface area contributed by atoms with Crippen molar-refractivity contribution < 1.29 is 27.8 Å². The van der Waals surface area contributed by atoms with Gasteiger partial charge in [0.15, 0.2) is 11.5 Å². The van der Waals surface area contributed by atoms with Crippen LogP contribution in [0.1, 0.15) is 40.0 Å². The predicted molar refractivity (Wildman–Crippen MR) is 126 cm³/mol. The van der Waals surface area contributed by atoms with E-state index in [1.807, 2.05) is 18.0 Å². The van der Waals surface area contributed by atoms with Crippen molar-refractivity contribution >= 4 is 33.0 Å². The van der Waals surface area contributed by atoms with Gasteiger partial charge in [-0.25, -0.2) is 14.8 Å². The molecule has 1 aromatic carbocycles. The average molecular weight is 484 g/mol. The molecule has 0 bridgehead atoms. The summed E-state index contributed by atoms with van der Waals surface area (Å²) >= 11 is 0. The Hall–Kier alpha value is -2.86. The van der Waals surface area contributed by atoms with Crippen LogP contribution in [-0.4, -0.2) is 73.8 Å². The molecule has 0 spiro atoms. The van der Waals surface area contributed by atoms with Crippen molar-refractivity contribution in [3.8, 4) is 11.5 Å². The second kappa shape index (κ2) is 10.8. The summed E-state index contributed by atoms with van der Waals surface area (Å²) < 4.78 is 38.3. The second-order valence-electron chi connectivity index (χ2n) is 8.52. The lowest BCUT2D eigenvalue weighted by Crippen LogP contribution is -2.53. The molecule has 0 saturated carbocycles. The predicted octanol–water partition coefficient (Wildman–Crippen LogP) is 2.87. The van der Waals surface area contributed by atoms with E-state index in [1.165, 1.54) is 27.1 Å². The molecule has 184 valence electrons. The Kier molecular flexibility index (Phi) is 8.67. The number of amides is 1. The van der Waals surface area contributed by atoms with Gasteiger partial charge in [-0.2, -0.15) is 17.4 Å². The Bertz CT molecular complexity index is 1070. The Labute approximate surface area is 194 Å². The highest BCUT2D eigenvalue weighted by Crippen LogP contribution is 2.34. The summed E-state index contributed by atoms with van der Waals surface area (Å²) in [5, 5.41) is 10.1. The fraction of sp³-hybridized carbons (Fsp3) is 0.571. The number of hydrogen-bond donors (Lipinski definition) is 2. The zero-order chi connectivity index (χ0) is 24.8. The number of unbranched alkanes of at least 4 members (excludes halogenated alkanes) is 2. The lowest BCUT2D eigenvalue weighted by atomic mass is 10.1. The van der Waals surface area contributed by atoms with Crippen LogP contribution in [0.3, 0.4) is 0 Å². The molecule has 0 aliphatic carbocycles. The van der Waals surface area contributed by atoms with Crippen molar-refractivity contribution in [3.05, 3.63) is 18.5 Å². The highest BCUT2D eigenvalue weighted by molar-refractivity contribution is 7.87. The van der Waals surface area contributed by atoms with E-state index in [9.17, 15) is 18.3 Å². The summed E-state index contributed by atoms with van der Waals surface area (Å²) in [6.07, 6.45) is 2.09. The first-order valence-corrected chi connectivity index (χ1v) is 12.0. The molecule has 2 N–H and O–H groups in total. The highest BCUT2D eigenvalue weighted by Gasteiger charge is 2.36. The molecule has 0 aliphatic heterocycles. The zero-order valence-corrected chi connectivity index (χ0v) is 20.8. The topological polar surface area (TPSA) is 134 Å². The number of rotatable bonds is 11. The molecule has 0 aliphatic rings. The lowest BCUT2D eigenvalue weighted by molar-refractivity contribution is 0.145. The van der Waals surface area contributed by atoms with Crippen molar-refractivity contribution in [2.75, 3.05) is 39.3 Å². The van der Waals surface area contributed by atoms with Crippen molar-refractivity contribution in [2.45, 2.75) is 45.6 Å². The number of fused-ring (bicyclic) bond motifs is 1. The number of nitrogens with one attached hydrogen (secondary N) is 1. The monoisotopic (exact) mass is 483 g/mol. The maximum Gasteiger partial charge on any atom is 0.422 e. The van der Waals surface area contributed by atoms with Crippen LogP contribution in [0.15, 0.2) is 18.5 Å². The third kappa shape index (κ3) is 6.57. The normalized spacial score (nSPS) is 11.9. The first-order valence-electron chi connectivity index (χ1n) is 10.5. The van der Waals surface area contributed by atoms with Gasteiger partial charge in [0.1, 0.15) is 12.1 Å². The molecule has 1 aromatic heterocycles. The van der Waals surface area contributed by atoms with Gasteiger partial charge in [-0.3, -0.25) is 0 Å². The van der Waals surface area contributed by atoms with Gasteiger partial charge in [0.05, 0.1) is 25.3 Å². The number of ether oxygens (including phenoxy) is 2. The van der Waals surface area contributed by atoms with Crippen molar-refractivity contribution in [1.82, 2.24) is 19.0 Å². The Morgan fingerprint density at radius 3 is 2.30 bits per heavy atom. The van der Waals surface area contributed by atoms with Crippen LogP contribution in [0.4, 0.5) is 10.6 Å². The Balaban J connectivity index is 1.93. The van der Waals surface area contributed by atoms with Crippen molar-refractivity contribution in [2.24, 2.45) is 0 Å². The third-order valence-corrected chi connectivity index (χ3v) is 6.71. The first-order chi connectivity index (χ1) is 15.4. The quantitative estimate of drug-likeness (QED) is 0.463. The van der Waals surface area contributed by atoms with E-state index < -0.39 is 21.8 Å². The third-order valence-electron chi connectivity index (χ3n) is 4.96. The minimum Gasteiger partial charge on any atom is -0.493 e. The summed E-state index contributed by atoms with van der Waals surface area (Å²) in [6.45, 7) is 5.42. The summed E-state index contributed by atoms with van der Waals surface area (Å²) in [5.41, 5.74) is -0.339. The summed E-state index contributed by atoms with van der Waals surface area (Å²) in [6, 6.07) is 3.65. The van der Waals surface area contributed by atoms with Gasteiger partial charge in [0.25, 0.3) is 0 Å². The lowest BCUT2D eigenvalue weighted by Gasteiger charge is -2.31. The maximum atomic E-state index is 12.4. The number of carboxylic acid groups (broad SMARTS) is 1. The van der Waals surface area contributed by atoms with Crippen molar-refractivity contribution in [3.63, 3.8) is 0 Å². The molecule has 12 heteroatoms. The van der Waals surface area contributed by atoms with Gasteiger partial charge in [0, 0.05) is 31.6 Å². The van der Waals surface area contributed by atoms with Crippen LogP contribution in [0.2, 0.25) is 0 Å². The summed E-state index contributed by atoms with van der Waals surface area (Å²) in [4.78, 5) is 22.1. The SMILES string of the molecule is COc1cc2ncnc(N(C)CCCCCNS(=O)(=O)N(C(=O)O)C(C)(C)C)c2cc1OC. The highest BCUT2D eigenvalue weighted by atomic mass is 32.2. The molecule has 11 nitrogen and oxygen atoms in total. The largest absolute Gasteiger partial charge is 0.493 e. The Morgan fingerprint density at radius 2 is 1.73 bits per heavy atom. The molecule has 0 unspecified atom stereocenters. The molecule has 1 heterocycles. The van der Waals surface area contributed by atoms with Crippen LogP contribution < -0.4 is 19.1 Å². The van der Waals surface area contributed by atoms with Crippen LogP contribution in [0.25, 0.3) is 10.9 Å². The number of nitrogens with zero attached hydrogens (tertiary/aromatic N) is 4. The number of carbonyl (C=O) groups is 1. The number of hydrogen-bond acceptors (Lipinski definition) is 8. The van der Waals surface area contributed by atoms with E-state index in [-0.39, 0.29) is 6.54 Å². The first kappa shape index (κ1) is 26.4. The van der Waals surface area contributed by atoms with E-state index in [0.29, 0.717) is 28.8 Å². The summed E-state index contributed by atoms with van der Waals surface area (Å²) in [5.74, 6) is 1.93. The molecular weight excluding hydrogens is 450 g/mol. The number of aromatic nitrogens is 2. The molecular formula is C21H33N5O6S. The van der Waals surface area contributed by atoms with Crippen LogP contribution >= 0.6 is 0 Å². The van der Waals surface area contributed by atoms with E-state index in [2.05, 4.69) is 14.7 Å². The van der Waals surface area contributed by atoms with Gasteiger partial charge in [-0.1, -0.05) is 6.42 Å². The average Bonchev–Trinajstić information content (AvgIpc) is 2.72.